The van der Waals surface area contributed by atoms with E-state index < -0.39 is 36.1 Å². The summed E-state index contributed by atoms with van der Waals surface area (Å²) in [5.74, 6) is -1.86. The Morgan fingerprint density at radius 1 is 0.536 bits per heavy atom. The minimum Gasteiger partial charge on any atom is -0.453 e. The first-order chi connectivity index (χ1) is 27.1. The van der Waals surface area contributed by atoms with Crippen molar-refractivity contribution in [3.05, 3.63) is 120 Å². The molecule has 2 aliphatic rings. The summed E-state index contributed by atoms with van der Waals surface area (Å²) in [7, 11) is 2.47. The topological polar surface area (TPSA) is 175 Å². The largest absolute Gasteiger partial charge is 0.453 e. The summed E-state index contributed by atoms with van der Waals surface area (Å²) in [6.07, 6.45) is -0.474. The van der Waals surface area contributed by atoms with Gasteiger partial charge in [0, 0.05) is 37.6 Å². The van der Waals surface area contributed by atoms with E-state index in [2.05, 4.69) is 21.3 Å². The van der Waals surface area contributed by atoms with Crippen molar-refractivity contribution in [3.63, 3.8) is 0 Å². The molecule has 4 aromatic rings. The van der Waals surface area contributed by atoms with Gasteiger partial charge in [-0.3, -0.25) is 19.2 Å². The Morgan fingerprint density at radius 2 is 0.893 bits per heavy atom. The first-order valence-electron chi connectivity index (χ1n) is 18.3. The molecular formula is C42H44N6O8. The third-order valence-electron chi connectivity index (χ3n) is 10.0. The van der Waals surface area contributed by atoms with Crippen molar-refractivity contribution in [1.82, 2.24) is 20.4 Å². The van der Waals surface area contributed by atoms with E-state index in [9.17, 15) is 28.8 Å². The summed E-state index contributed by atoms with van der Waals surface area (Å²) < 4.78 is 9.45. The Bertz CT molecular complexity index is 1880. The normalized spacial score (nSPS) is 17.2. The highest BCUT2D eigenvalue weighted by molar-refractivity contribution is 5.96. The van der Waals surface area contributed by atoms with Gasteiger partial charge < -0.3 is 40.5 Å². The van der Waals surface area contributed by atoms with Gasteiger partial charge in [-0.15, -0.1) is 0 Å². The molecule has 4 atom stereocenters. The van der Waals surface area contributed by atoms with E-state index in [0.29, 0.717) is 48.4 Å². The van der Waals surface area contributed by atoms with E-state index in [0.717, 1.165) is 11.1 Å². The molecule has 14 heteroatoms. The van der Waals surface area contributed by atoms with Gasteiger partial charge in [-0.2, -0.15) is 0 Å². The van der Waals surface area contributed by atoms with Gasteiger partial charge in [0.2, 0.25) is 23.6 Å². The van der Waals surface area contributed by atoms with Crippen LogP contribution in [0.4, 0.5) is 21.0 Å². The fraction of sp³-hybridized carbons (Fsp3) is 0.286. The minimum absolute atomic E-state index is 0.200. The number of nitrogens with one attached hydrogen (secondary N) is 4. The number of amides is 6. The molecule has 0 bridgehead atoms. The van der Waals surface area contributed by atoms with Crippen molar-refractivity contribution in [3.8, 4) is 11.1 Å². The summed E-state index contributed by atoms with van der Waals surface area (Å²) in [5.41, 5.74) is 4.27. The Labute approximate surface area is 324 Å². The molecule has 4 N–H and O–H groups in total. The van der Waals surface area contributed by atoms with Gasteiger partial charge in [0.05, 0.1) is 26.1 Å². The van der Waals surface area contributed by atoms with Crippen LogP contribution in [0.3, 0.4) is 0 Å². The van der Waals surface area contributed by atoms with Crippen LogP contribution in [0, 0.1) is 11.8 Å². The lowest BCUT2D eigenvalue weighted by molar-refractivity contribution is -0.133. The number of anilines is 2. The SMILES string of the molecule is COC(=O)N[C@H](C(=O)N1CC[C@H](C(=O)Nc2ccc(-c3ccc(NC(=O)[C@@H]4CCN(C(=O)[C@H](NC(=O)OC)c5ccccc5)C4)cc3)cc2)C1)c1ccccc1. The zero-order valence-corrected chi connectivity index (χ0v) is 31.1. The number of hydrogen-bond acceptors (Lipinski definition) is 8. The van der Waals surface area contributed by atoms with E-state index in [1.807, 2.05) is 60.7 Å². The van der Waals surface area contributed by atoms with E-state index in [-0.39, 0.29) is 36.7 Å². The smallest absolute Gasteiger partial charge is 0.407 e. The number of hydrogen-bond donors (Lipinski definition) is 4. The monoisotopic (exact) mass is 760 g/mol. The van der Waals surface area contributed by atoms with Gasteiger partial charge in [0.15, 0.2) is 0 Å². The average Bonchev–Trinajstić information content (AvgIpc) is 3.94. The molecule has 0 unspecified atom stereocenters. The van der Waals surface area contributed by atoms with Crippen LogP contribution in [0.25, 0.3) is 11.1 Å². The molecule has 0 radical (unpaired) electrons. The third-order valence-corrected chi connectivity index (χ3v) is 10.0. The molecule has 2 saturated heterocycles. The average molecular weight is 761 g/mol. The minimum atomic E-state index is -0.934. The van der Waals surface area contributed by atoms with Gasteiger partial charge in [0.1, 0.15) is 12.1 Å². The van der Waals surface area contributed by atoms with Crippen molar-refractivity contribution in [2.75, 3.05) is 51.0 Å². The maximum absolute atomic E-state index is 13.4. The summed E-state index contributed by atoms with van der Waals surface area (Å²) in [6, 6.07) is 30.7. The van der Waals surface area contributed by atoms with Gasteiger partial charge in [-0.05, 0) is 59.4 Å². The molecule has 0 spiro atoms. The zero-order valence-electron chi connectivity index (χ0n) is 31.1. The highest BCUT2D eigenvalue weighted by Gasteiger charge is 2.37. The second-order valence-electron chi connectivity index (χ2n) is 13.6. The Balaban J connectivity index is 0.992. The molecular weight excluding hydrogens is 716 g/mol. The van der Waals surface area contributed by atoms with Crippen molar-refractivity contribution < 1.29 is 38.2 Å². The van der Waals surface area contributed by atoms with Gasteiger partial charge in [-0.25, -0.2) is 9.59 Å². The second kappa shape index (κ2) is 18.1. The number of nitrogens with zero attached hydrogens (tertiary/aromatic N) is 2. The first-order valence-corrected chi connectivity index (χ1v) is 18.3. The molecule has 2 heterocycles. The Morgan fingerprint density at radius 3 is 1.23 bits per heavy atom. The molecule has 0 aromatic heterocycles. The number of likely N-dealkylation sites (tertiary alicyclic amines) is 2. The van der Waals surface area contributed by atoms with Crippen LogP contribution in [-0.4, -0.2) is 86.0 Å². The molecule has 14 nitrogen and oxygen atoms in total. The van der Waals surface area contributed by atoms with Gasteiger partial charge in [-0.1, -0.05) is 84.9 Å². The summed E-state index contributed by atoms with van der Waals surface area (Å²) in [4.78, 5) is 80.5. The number of benzene rings is 4. The third kappa shape index (κ3) is 9.50. The van der Waals surface area contributed by atoms with Crippen LogP contribution < -0.4 is 21.3 Å². The first kappa shape index (κ1) is 39.0. The van der Waals surface area contributed by atoms with Crippen molar-refractivity contribution in [2.24, 2.45) is 11.8 Å². The van der Waals surface area contributed by atoms with E-state index in [1.54, 1.807) is 58.3 Å². The van der Waals surface area contributed by atoms with Crippen LogP contribution in [0.1, 0.15) is 36.1 Å². The van der Waals surface area contributed by atoms with E-state index >= 15 is 0 Å². The molecule has 2 aliphatic heterocycles. The molecule has 290 valence electrons. The maximum atomic E-state index is 13.4. The molecule has 56 heavy (non-hydrogen) atoms. The van der Waals surface area contributed by atoms with Crippen molar-refractivity contribution in [1.29, 1.82) is 0 Å². The van der Waals surface area contributed by atoms with E-state index in [1.165, 1.54) is 14.2 Å². The lowest BCUT2D eigenvalue weighted by atomic mass is 10.0. The lowest BCUT2D eigenvalue weighted by Gasteiger charge is -2.24. The molecule has 4 aromatic carbocycles. The number of rotatable bonds is 11. The quantitative estimate of drug-likeness (QED) is 0.163. The zero-order chi connectivity index (χ0) is 39.6. The maximum Gasteiger partial charge on any atom is 0.407 e. The number of ether oxygens (including phenoxy) is 2. The fourth-order valence-corrected chi connectivity index (χ4v) is 6.91. The number of carbonyl (C=O) groups excluding carboxylic acids is 6. The molecule has 6 amide bonds. The fourth-order valence-electron chi connectivity index (χ4n) is 6.91. The van der Waals surface area contributed by atoms with E-state index in [4.69, 9.17) is 9.47 Å². The molecule has 0 saturated carbocycles. The van der Waals surface area contributed by atoms with Crippen LogP contribution in [0.15, 0.2) is 109 Å². The van der Waals surface area contributed by atoms with Crippen LogP contribution in [0.2, 0.25) is 0 Å². The van der Waals surface area contributed by atoms with Crippen LogP contribution >= 0.6 is 0 Å². The standard InChI is InChI=1S/C42H44N6O8/c1-55-41(53)45-35(29-9-5-3-6-10-29)39(51)47-23-21-31(25-47)37(49)43-33-17-13-27(14-18-33)28-15-19-34(20-16-28)44-38(50)32-22-24-48(26-32)40(52)36(46-42(54)56-2)30-11-7-4-8-12-30/h3-20,31-32,35-36H,21-26H2,1-2H3,(H,43,49)(H,44,50)(H,45,53)(H,46,54)/t31-,32+,35-,36+. The second-order valence-corrected chi connectivity index (χ2v) is 13.6. The molecule has 2 fully saturated rings. The summed E-state index contributed by atoms with van der Waals surface area (Å²) in [6.45, 7) is 1.20. The predicted octanol–water partition coefficient (Wildman–Crippen LogP) is 5.12. The Kier molecular flexibility index (Phi) is 12.6. The summed E-state index contributed by atoms with van der Waals surface area (Å²) >= 11 is 0. The number of methoxy groups -OCH3 is 2. The number of alkyl carbamates (subject to hydrolysis) is 2. The highest BCUT2D eigenvalue weighted by atomic mass is 16.5. The number of carbonyl (C=O) groups is 6. The molecule has 0 aliphatic carbocycles. The van der Waals surface area contributed by atoms with Gasteiger partial charge in [0.25, 0.3) is 0 Å². The van der Waals surface area contributed by atoms with Gasteiger partial charge >= 0.3 is 12.2 Å². The predicted molar refractivity (Wildman–Crippen MR) is 208 cm³/mol. The summed E-state index contributed by atoms with van der Waals surface area (Å²) in [5, 5.41) is 11.1. The van der Waals surface area contributed by atoms with Crippen molar-refractivity contribution >= 4 is 47.2 Å². The molecule has 6 rings (SSSR count). The van der Waals surface area contributed by atoms with Crippen LogP contribution in [0.5, 0.6) is 0 Å². The highest BCUT2D eigenvalue weighted by Crippen LogP contribution is 2.28. The van der Waals surface area contributed by atoms with Crippen LogP contribution in [-0.2, 0) is 28.7 Å². The lowest BCUT2D eigenvalue weighted by Crippen LogP contribution is -2.42. The Hall–Kier alpha value is -6.70. The van der Waals surface area contributed by atoms with Crippen molar-refractivity contribution in [2.45, 2.75) is 24.9 Å².